The normalized spacial score (nSPS) is 12.9. The Balaban J connectivity index is 2.54. The van der Waals surface area contributed by atoms with Crippen molar-refractivity contribution in [3.05, 3.63) is 35.4 Å². The number of aliphatic hydroxyl groups is 1. The lowest BCUT2D eigenvalue weighted by molar-refractivity contribution is 0.0710. The van der Waals surface area contributed by atoms with E-state index in [1.165, 1.54) is 11.1 Å². The van der Waals surface area contributed by atoms with Crippen LogP contribution in [0.5, 0.6) is 0 Å². The number of aliphatic hydroxyl groups excluding tert-OH is 1. The van der Waals surface area contributed by atoms with Gasteiger partial charge in [-0.2, -0.15) is 0 Å². The first-order chi connectivity index (χ1) is 8.69. The summed E-state index contributed by atoms with van der Waals surface area (Å²) >= 11 is 0. The van der Waals surface area contributed by atoms with E-state index in [1.54, 1.807) is 0 Å². The maximum atomic E-state index is 8.64. The first kappa shape index (κ1) is 15.1. The Morgan fingerprint density at radius 3 is 2.78 bits per heavy atom. The van der Waals surface area contributed by atoms with Gasteiger partial charge in [-0.1, -0.05) is 29.8 Å². The summed E-state index contributed by atoms with van der Waals surface area (Å²) in [5.74, 6) is 0. The molecule has 4 heteroatoms. The van der Waals surface area contributed by atoms with Crippen LogP contribution >= 0.6 is 0 Å². The molecule has 1 unspecified atom stereocenters. The van der Waals surface area contributed by atoms with Crippen LogP contribution in [0, 0.1) is 6.92 Å². The van der Waals surface area contributed by atoms with Gasteiger partial charge in [-0.25, -0.2) is 0 Å². The van der Waals surface area contributed by atoms with E-state index in [4.69, 9.17) is 15.6 Å². The number of aryl methyl sites for hydroxylation is 1. The zero-order valence-corrected chi connectivity index (χ0v) is 11.3. The molecule has 4 nitrogen and oxygen atoms in total. The Morgan fingerprint density at radius 2 is 2.17 bits per heavy atom. The second-order valence-corrected chi connectivity index (χ2v) is 4.48. The Bertz CT molecular complexity index is 344. The van der Waals surface area contributed by atoms with Crippen LogP contribution in [0.4, 0.5) is 0 Å². The van der Waals surface area contributed by atoms with Gasteiger partial charge >= 0.3 is 0 Å². The number of nitrogens with two attached hydrogens (primary N) is 1. The van der Waals surface area contributed by atoms with E-state index in [0.29, 0.717) is 19.8 Å². The molecule has 18 heavy (non-hydrogen) atoms. The number of rotatable bonds is 8. The minimum absolute atomic E-state index is 0.0713. The van der Waals surface area contributed by atoms with Gasteiger partial charge in [-0.3, -0.25) is 4.90 Å². The van der Waals surface area contributed by atoms with E-state index >= 15 is 0 Å². The summed E-state index contributed by atoms with van der Waals surface area (Å²) in [5, 5.41) is 8.64. The fraction of sp³-hybridized carbons (Fsp3) is 0.571. The molecule has 1 aromatic rings. The number of hydrogen-bond acceptors (Lipinski definition) is 4. The molecule has 0 aromatic heterocycles. The average Bonchev–Trinajstić information content (AvgIpc) is 2.36. The topological polar surface area (TPSA) is 58.7 Å². The summed E-state index contributed by atoms with van der Waals surface area (Å²) in [4.78, 5) is 2.19. The van der Waals surface area contributed by atoms with Crippen molar-refractivity contribution in [3.63, 3.8) is 0 Å². The third-order valence-electron chi connectivity index (χ3n) is 3.01. The second kappa shape index (κ2) is 8.21. The van der Waals surface area contributed by atoms with Crippen LogP contribution in [0.1, 0.15) is 17.2 Å². The van der Waals surface area contributed by atoms with Crippen molar-refractivity contribution in [1.29, 1.82) is 0 Å². The molecule has 0 bridgehead atoms. The second-order valence-electron chi connectivity index (χ2n) is 4.48. The molecule has 3 N–H and O–H groups in total. The van der Waals surface area contributed by atoms with Crippen LogP contribution in [-0.4, -0.2) is 50.0 Å². The quantitative estimate of drug-likeness (QED) is 0.676. The minimum Gasteiger partial charge on any atom is -0.394 e. The Hall–Kier alpha value is -0.940. The zero-order valence-electron chi connectivity index (χ0n) is 11.3. The van der Waals surface area contributed by atoms with Crippen LogP contribution < -0.4 is 5.73 Å². The lowest BCUT2D eigenvalue weighted by Gasteiger charge is -2.27. The molecule has 0 radical (unpaired) electrons. The third-order valence-corrected chi connectivity index (χ3v) is 3.01. The van der Waals surface area contributed by atoms with E-state index in [0.717, 1.165) is 6.54 Å². The molecule has 0 aliphatic rings. The molecule has 1 atom stereocenters. The number of likely N-dealkylation sites (N-methyl/N-ethyl adjacent to an activating group) is 1. The number of nitrogens with zero attached hydrogens (tertiary/aromatic N) is 1. The Morgan fingerprint density at radius 1 is 1.39 bits per heavy atom. The SMILES string of the molecule is Cc1cccc(C(CN)N(C)CCOCCO)c1. The molecule has 0 spiro atoms. The van der Waals surface area contributed by atoms with Crippen molar-refractivity contribution in [1.82, 2.24) is 4.90 Å². The molecule has 0 saturated heterocycles. The number of ether oxygens (including phenoxy) is 1. The van der Waals surface area contributed by atoms with Gasteiger partial charge in [0.2, 0.25) is 0 Å². The minimum atomic E-state index is 0.0713. The highest BCUT2D eigenvalue weighted by Gasteiger charge is 2.14. The van der Waals surface area contributed by atoms with E-state index in [9.17, 15) is 0 Å². The van der Waals surface area contributed by atoms with Crippen molar-refractivity contribution in [3.8, 4) is 0 Å². The zero-order chi connectivity index (χ0) is 13.4. The van der Waals surface area contributed by atoms with Crippen LogP contribution in [0.25, 0.3) is 0 Å². The van der Waals surface area contributed by atoms with E-state index in [2.05, 4.69) is 36.1 Å². The molecule has 0 aliphatic carbocycles. The summed E-state index contributed by atoms with van der Waals surface area (Å²) < 4.78 is 5.28. The van der Waals surface area contributed by atoms with Crippen LogP contribution in [0.3, 0.4) is 0 Å². The lowest BCUT2D eigenvalue weighted by atomic mass is 10.0. The molecular formula is C14H24N2O2. The first-order valence-corrected chi connectivity index (χ1v) is 6.34. The van der Waals surface area contributed by atoms with Gasteiger partial charge in [-0.15, -0.1) is 0 Å². The third kappa shape index (κ3) is 4.74. The van der Waals surface area contributed by atoms with Gasteiger partial charge < -0.3 is 15.6 Å². The molecule has 0 saturated carbocycles. The molecular weight excluding hydrogens is 228 g/mol. The monoisotopic (exact) mass is 252 g/mol. The lowest BCUT2D eigenvalue weighted by Crippen LogP contribution is -2.33. The van der Waals surface area contributed by atoms with Gasteiger partial charge in [-0.05, 0) is 19.5 Å². The van der Waals surface area contributed by atoms with Gasteiger partial charge in [0.25, 0.3) is 0 Å². The summed E-state index contributed by atoms with van der Waals surface area (Å²) in [6.45, 7) is 4.55. The van der Waals surface area contributed by atoms with E-state index < -0.39 is 0 Å². The molecule has 102 valence electrons. The van der Waals surface area contributed by atoms with Gasteiger partial charge in [0.05, 0.1) is 19.8 Å². The maximum absolute atomic E-state index is 8.64. The molecule has 0 aliphatic heterocycles. The summed E-state index contributed by atoms with van der Waals surface area (Å²) in [6, 6.07) is 8.63. The predicted octanol–water partition coefficient (Wildman–Crippen LogP) is 0.936. The Kier molecular flexibility index (Phi) is 6.90. The molecule has 0 heterocycles. The highest BCUT2D eigenvalue weighted by molar-refractivity contribution is 5.25. The van der Waals surface area contributed by atoms with E-state index in [1.807, 2.05) is 7.05 Å². The van der Waals surface area contributed by atoms with E-state index in [-0.39, 0.29) is 12.6 Å². The van der Waals surface area contributed by atoms with Crippen molar-refractivity contribution >= 4 is 0 Å². The van der Waals surface area contributed by atoms with Crippen molar-refractivity contribution in [2.75, 3.05) is 40.0 Å². The number of benzene rings is 1. The van der Waals surface area contributed by atoms with Gasteiger partial charge in [0, 0.05) is 19.1 Å². The van der Waals surface area contributed by atoms with Crippen LogP contribution in [-0.2, 0) is 4.74 Å². The maximum Gasteiger partial charge on any atom is 0.0698 e. The Labute approximate surface area is 109 Å². The fourth-order valence-corrected chi connectivity index (χ4v) is 1.98. The number of hydrogen-bond donors (Lipinski definition) is 2. The highest BCUT2D eigenvalue weighted by atomic mass is 16.5. The van der Waals surface area contributed by atoms with Crippen molar-refractivity contribution in [2.45, 2.75) is 13.0 Å². The molecule has 0 amide bonds. The largest absolute Gasteiger partial charge is 0.394 e. The molecule has 1 aromatic carbocycles. The smallest absolute Gasteiger partial charge is 0.0698 e. The van der Waals surface area contributed by atoms with Crippen LogP contribution in [0.15, 0.2) is 24.3 Å². The molecule has 1 rings (SSSR count). The van der Waals surface area contributed by atoms with Crippen molar-refractivity contribution < 1.29 is 9.84 Å². The van der Waals surface area contributed by atoms with Gasteiger partial charge in [0.1, 0.15) is 0 Å². The highest BCUT2D eigenvalue weighted by Crippen LogP contribution is 2.18. The average molecular weight is 252 g/mol. The summed E-state index contributed by atoms with van der Waals surface area (Å²) in [5.41, 5.74) is 8.35. The van der Waals surface area contributed by atoms with Gasteiger partial charge in [0.15, 0.2) is 0 Å². The van der Waals surface area contributed by atoms with Crippen molar-refractivity contribution in [2.24, 2.45) is 5.73 Å². The summed E-state index contributed by atoms with van der Waals surface area (Å²) in [7, 11) is 2.04. The predicted molar refractivity (Wildman–Crippen MR) is 73.5 cm³/mol. The first-order valence-electron chi connectivity index (χ1n) is 6.34. The molecule has 0 fully saturated rings. The summed E-state index contributed by atoms with van der Waals surface area (Å²) in [6.07, 6.45) is 0. The van der Waals surface area contributed by atoms with Crippen LogP contribution in [0.2, 0.25) is 0 Å². The standard InChI is InChI=1S/C14H24N2O2/c1-12-4-3-5-13(10-12)14(11-15)16(2)6-8-18-9-7-17/h3-5,10,14,17H,6-9,11,15H2,1-2H3. The fourth-order valence-electron chi connectivity index (χ4n) is 1.98.